The van der Waals surface area contributed by atoms with E-state index in [1.54, 1.807) is 18.5 Å². The van der Waals surface area contributed by atoms with Crippen molar-refractivity contribution in [2.75, 3.05) is 6.61 Å². The second kappa shape index (κ2) is 6.96. The number of nitrogens with zero attached hydrogens (tertiary/aromatic N) is 5. The van der Waals surface area contributed by atoms with Crippen molar-refractivity contribution in [3.63, 3.8) is 0 Å². The van der Waals surface area contributed by atoms with E-state index >= 15 is 0 Å². The van der Waals surface area contributed by atoms with Gasteiger partial charge in [0, 0.05) is 42.5 Å². The summed E-state index contributed by atoms with van der Waals surface area (Å²) in [6, 6.07) is 1.54. The third-order valence-corrected chi connectivity index (χ3v) is 5.37. The van der Waals surface area contributed by atoms with Gasteiger partial charge in [0.25, 0.3) is 0 Å². The molecule has 1 aliphatic carbocycles. The molecule has 0 bridgehead atoms. The smallest absolute Gasteiger partial charge is 0.224 e. The highest BCUT2D eigenvalue weighted by Gasteiger charge is 2.42. The molecule has 2 atom stereocenters. The number of hydrogen-bond acceptors (Lipinski definition) is 5. The Morgan fingerprint density at radius 2 is 1.96 bits per heavy atom. The van der Waals surface area contributed by atoms with Crippen molar-refractivity contribution >= 4 is 0 Å². The van der Waals surface area contributed by atoms with E-state index in [1.807, 2.05) is 39.4 Å². The molecule has 0 aromatic carbocycles. The van der Waals surface area contributed by atoms with Crippen molar-refractivity contribution in [2.24, 2.45) is 13.0 Å². The standard InChI is InChI=1S/C21H24FN5O/c1-11-6-18(22)20(24-8-11)16-7-15(16)10-28-21-17(9-23-14(4)25-21)19-12(2)26-27(5)13(19)3/h6,8-9,15-16H,7,10H2,1-5H3. The molecule has 4 rings (SSSR count). The summed E-state index contributed by atoms with van der Waals surface area (Å²) >= 11 is 0. The van der Waals surface area contributed by atoms with Gasteiger partial charge in [-0.25, -0.2) is 9.37 Å². The molecule has 3 heterocycles. The van der Waals surface area contributed by atoms with Gasteiger partial charge in [0.15, 0.2) is 0 Å². The van der Waals surface area contributed by atoms with Gasteiger partial charge in [0.1, 0.15) is 11.6 Å². The third kappa shape index (κ3) is 3.37. The van der Waals surface area contributed by atoms with Crippen molar-refractivity contribution in [2.45, 2.75) is 40.0 Å². The lowest BCUT2D eigenvalue weighted by Crippen LogP contribution is -2.06. The van der Waals surface area contributed by atoms with Gasteiger partial charge in [0.2, 0.25) is 5.88 Å². The highest BCUT2D eigenvalue weighted by atomic mass is 19.1. The number of halogens is 1. The van der Waals surface area contributed by atoms with Crippen LogP contribution in [0.1, 0.15) is 40.8 Å². The summed E-state index contributed by atoms with van der Waals surface area (Å²) in [5.74, 6) is 1.32. The van der Waals surface area contributed by atoms with Crippen LogP contribution in [0.2, 0.25) is 0 Å². The van der Waals surface area contributed by atoms with E-state index in [1.165, 1.54) is 0 Å². The Morgan fingerprint density at radius 3 is 2.64 bits per heavy atom. The average molecular weight is 381 g/mol. The SMILES string of the molecule is Cc1cnc(C2CC2COc2nc(C)ncc2-c2c(C)nn(C)c2C)c(F)c1. The Balaban J connectivity index is 1.54. The summed E-state index contributed by atoms with van der Waals surface area (Å²) in [5.41, 5.74) is 5.15. The molecule has 0 radical (unpaired) electrons. The van der Waals surface area contributed by atoms with E-state index in [0.29, 0.717) is 24.0 Å². The molecular formula is C21H24FN5O. The van der Waals surface area contributed by atoms with Crippen LogP contribution in [0.3, 0.4) is 0 Å². The lowest BCUT2D eigenvalue weighted by atomic mass is 10.1. The largest absolute Gasteiger partial charge is 0.477 e. The Labute approximate surface area is 163 Å². The molecule has 3 aromatic heterocycles. The highest BCUT2D eigenvalue weighted by Crippen LogP contribution is 2.48. The van der Waals surface area contributed by atoms with Crippen LogP contribution in [0.15, 0.2) is 18.5 Å². The molecule has 7 heteroatoms. The van der Waals surface area contributed by atoms with Crippen LogP contribution in [0, 0.1) is 39.4 Å². The molecule has 3 aromatic rings. The fourth-order valence-corrected chi connectivity index (χ4v) is 3.66. The molecule has 2 unspecified atom stereocenters. The maximum absolute atomic E-state index is 14.2. The van der Waals surface area contributed by atoms with Gasteiger partial charge in [-0.3, -0.25) is 9.67 Å². The highest BCUT2D eigenvalue weighted by molar-refractivity contribution is 5.72. The monoisotopic (exact) mass is 381 g/mol. The van der Waals surface area contributed by atoms with E-state index in [-0.39, 0.29) is 17.7 Å². The van der Waals surface area contributed by atoms with Crippen LogP contribution in [-0.4, -0.2) is 31.3 Å². The zero-order chi connectivity index (χ0) is 20.0. The molecule has 0 amide bonds. The quantitative estimate of drug-likeness (QED) is 0.672. The Hall–Kier alpha value is -2.83. The van der Waals surface area contributed by atoms with E-state index in [0.717, 1.165) is 34.5 Å². The van der Waals surface area contributed by atoms with Crippen LogP contribution >= 0.6 is 0 Å². The van der Waals surface area contributed by atoms with E-state index in [9.17, 15) is 4.39 Å². The maximum atomic E-state index is 14.2. The zero-order valence-electron chi connectivity index (χ0n) is 16.8. The minimum atomic E-state index is -0.229. The number of ether oxygens (including phenoxy) is 1. The molecule has 0 spiro atoms. The van der Waals surface area contributed by atoms with Gasteiger partial charge in [-0.15, -0.1) is 0 Å². The van der Waals surface area contributed by atoms with E-state index < -0.39 is 0 Å². The molecule has 0 aliphatic heterocycles. The number of pyridine rings is 1. The fourth-order valence-electron chi connectivity index (χ4n) is 3.66. The van der Waals surface area contributed by atoms with E-state index in [2.05, 4.69) is 20.1 Å². The molecule has 1 aliphatic rings. The van der Waals surface area contributed by atoms with Crippen LogP contribution in [0.25, 0.3) is 11.1 Å². The first-order valence-corrected chi connectivity index (χ1v) is 9.44. The summed E-state index contributed by atoms with van der Waals surface area (Å²) in [4.78, 5) is 13.1. The van der Waals surface area contributed by atoms with Crippen LogP contribution in [0.4, 0.5) is 4.39 Å². The molecule has 146 valence electrons. The molecular weight excluding hydrogens is 357 g/mol. The van der Waals surface area contributed by atoms with Crippen LogP contribution in [-0.2, 0) is 7.05 Å². The van der Waals surface area contributed by atoms with Gasteiger partial charge >= 0.3 is 0 Å². The fraction of sp³-hybridized carbons (Fsp3) is 0.429. The minimum Gasteiger partial charge on any atom is -0.477 e. The number of rotatable bonds is 5. The van der Waals surface area contributed by atoms with Crippen molar-refractivity contribution in [3.8, 4) is 17.0 Å². The summed E-state index contributed by atoms with van der Waals surface area (Å²) in [7, 11) is 1.92. The molecule has 28 heavy (non-hydrogen) atoms. The Kier molecular flexibility index (Phi) is 4.61. The minimum absolute atomic E-state index is 0.105. The lowest BCUT2D eigenvalue weighted by Gasteiger charge is -2.11. The van der Waals surface area contributed by atoms with Crippen molar-refractivity contribution in [1.29, 1.82) is 0 Å². The van der Waals surface area contributed by atoms with Crippen LogP contribution < -0.4 is 4.74 Å². The van der Waals surface area contributed by atoms with Gasteiger partial charge in [-0.2, -0.15) is 10.1 Å². The van der Waals surface area contributed by atoms with Crippen molar-refractivity contribution in [1.82, 2.24) is 24.7 Å². The first kappa shape index (κ1) is 18.5. The van der Waals surface area contributed by atoms with Gasteiger partial charge in [-0.05, 0) is 45.7 Å². The lowest BCUT2D eigenvalue weighted by molar-refractivity contribution is 0.285. The van der Waals surface area contributed by atoms with Gasteiger partial charge < -0.3 is 4.74 Å². The predicted octanol–water partition coefficient (Wildman–Crippen LogP) is 3.83. The third-order valence-electron chi connectivity index (χ3n) is 5.37. The van der Waals surface area contributed by atoms with Gasteiger partial charge in [-0.1, -0.05) is 0 Å². The summed E-state index contributed by atoms with van der Waals surface area (Å²) in [6.07, 6.45) is 4.38. The molecule has 1 saturated carbocycles. The number of hydrogen-bond donors (Lipinski definition) is 0. The van der Waals surface area contributed by atoms with Crippen molar-refractivity contribution in [3.05, 3.63) is 52.7 Å². The number of aromatic nitrogens is 5. The summed E-state index contributed by atoms with van der Waals surface area (Å²) in [5, 5.41) is 4.48. The molecule has 6 nitrogen and oxygen atoms in total. The maximum Gasteiger partial charge on any atom is 0.224 e. The topological polar surface area (TPSA) is 65.7 Å². The zero-order valence-corrected chi connectivity index (χ0v) is 16.8. The Morgan fingerprint density at radius 1 is 1.18 bits per heavy atom. The Bertz CT molecular complexity index is 1050. The molecule has 0 saturated heterocycles. The van der Waals surface area contributed by atoms with Gasteiger partial charge in [0.05, 0.1) is 23.6 Å². The average Bonchev–Trinajstić information content (AvgIpc) is 3.35. The van der Waals surface area contributed by atoms with E-state index in [4.69, 9.17) is 4.74 Å². The second-order valence-corrected chi connectivity index (χ2v) is 7.60. The summed E-state index contributed by atoms with van der Waals surface area (Å²) < 4.78 is 22.1. The molecule has 1 fully saturated rings. The predicted molar refractivity (Wildman–Crippen MR) is 104 cm³/mol. The molecule has 0 N–H and O–H groups in total. The first-order valence-electron chi connectivity index (χ1n) is 9.44. The summed E-state index contributed by atoms with van der Waals surface area (Å²) in [6.45, 7) is 8.14. The van der Waals surface area contributed by atoms with Crippen LogP contribution in [0.5, 0.6) is 5.88 Å². The first-order chi connectivity index (χ1) is 13.3. The number of aryl methyl sites for hydroxylation is 4. The van der Waals surface area contributed by atoms with Crippen molar-refractivity contribution < 1.29 is 9.13 Å². The second-order valence-electron chi connectivity index (χ2n) is 7.60. The normalized spacial score (nSPS) is 18.4.